The lowest BCUT2D eigenvalue weighted by atomic mass is 10.0. The SMILES string of the molecule is CCOCc1cc(NCCN2CCCC2)c(C)c(C(N)=O)c1. The molecule has 0 atom stereocenters. The van der Waals surface area contributed by atoms with Crippen LogP contribution in [-0.2, 0) is 11.3 Å². The van der Waals surface area contributed by atoms with Gasteiger partial charge in [-0.15, -0.1) is 0 Å². The van der Waals surface area contributed by atoms with E-state index in [2.05, 4.69) is 16.3 Å². The number of primary amides is 1. The van der Waals surface area contributed by atoms with Crippen LogP contribution in [0.25, 0.3) is 0 Å². The Balaban J connectivity index is 2.06. The number of hydrogen-bond acceptors (Lipinski definition) is 4. The van der Waals surface area contributed by atoms with Crippen molar-refractivity contribution < 1.29 is 9.53 Å². The Morgan fingerprint density at radius 2 is 2.09 bits per heavy atom. The number of nitrogens with zero attached hydrogens (tertiary/aromatic N) is 1. The van der Waals surface area contributed by atoms with Gasteiger partial charge < -0.3 is 20.7 Å². The number of carbonyl (C=O) groups is 1. The molecule has 1 aromatic rings. The number of hydrogen-bond donors (Lipinski definition) is 2. The molecule has 1 saturated heterocycles. The summed E-state index contributed by atoms with van der Waals surface area (Å²) < 4.78 is 5.45. The average molecular weight is 305 g/mol. The molecule has 1 amide bonds. The molecule has 5 nitrogen and oxygen atoms in total. The molecule has 1 fully saturated rings. The number of carbonyl (C=O) groups excluding carboxylic acids is 1. The summed E-state index contributed by atoms with van der Waals surface area (Å²) in [5, 5.41) is 3.45. The third kappa shape index (κ3) is 4.45. The number of anilines is 1. The summed E-state index contributed by atoms with van der Waals surface area (Å²) >= 11 is 0. The molecule has 3 N–H and O–H groups in total. The fourth-order valence-electron chi connectivity index (χ4n) is 2.87. The van der Waals surface area contributed by atoms with Gasteiger partial charge >= 0.3 is 0 Å². The van der Waals surface area contributed by atoms with Gasteiger partial charge in [0, 0.05) is 30.9 Å². The standard InChI is InChI=1S/C17H27N3O2/c1-3-22-12-14-10-15(17(18)21)13(2)16(11-14)19-6-9-20-7-4-5-8-20/h10-11,19H,3-9,12H2,1-2H3,(H2,18,21). The topological polar surface area (TPSA) is 67.6 Å². The van der Waals surface area contributed by atoms with E-state index in [-0.39, 0.29) is 0 Å². The molecule has 0 unspecified atom stereocenters. The van der Waals surface area contributed by atoms with Gasteiger partial charge in [-0.3, -0.25) is 4.79 Å². The number of ether oxygens (including phenoxy) is 1. The minimum atomic E-state index is -0.390. The highest BCUT2D eigenvalue weighted by molar-refractivity contribution is 5.96. The fourth-order valence-corrected chi connectivity index (χ4v) is 2.87. The molecule has 0 aliphatic carbocycles. The lowest BCUT2D eigenvalue weighted by Gasteiger charge is -2.18. The normalized spacial score (nSPS) is 15.2. The second kappa shape index (κ2) is 8.15. The molecule has 122 valence electrons. The van der Waals surface area contributed by atoms with Gasteiger partial charge in [0.05, 0.1) is 6.61 Å². The first-order valence-corrected chi connectivity index (χ1v) is 8.09. The minimum Gasteiger partial charge on any atom is -0.384 e. The molecule has 0 saturated carbocycles. The Kier molecular flexibility index (Phi) is 6.21. The summed E-state index contributed by atoms with van der Waals surface area (Å²) in [6.07, 6.45) is 2.60. The van der Waals surface area contributed by atoms with Gasteiger partial charge in [0.2, 0.25) is 5.91 Å². The van der Waals surface area contributed by atoms with Crippen molar-refractivity contribution in [2.24, 2.45) is 5.73 Å². The van der Waals surface area contributed by atoms with E-state index in [4.69, 9.17) is 10.5 Å². The van der Waals surface area contributed by atoms with Crippen molar-refractivity contribution in [3.8, 4) is 0 Å². The van der Waals surface area contributed by atoms with E-state index in [1.165, 1.54) is 25.9 Å². The van der Waals surface area contributed by atoms with Crippen molar-refractivity contribution in [1.29, 1.82) is 0 Å². The van der Waals surface area contributed by atoms with Crippen LogP contribution in [0.15, 0.2) is 12.1 Å². The van der Waals surface area contributed by atoms with Crippen LogP contribution in [0, 0.1) is 6.92 Å². The maximum atomic E-state index is 11.6. The van der Waals surface area contributed by atoms with Crippen LogP contribution in [-0.4, -0.2) is 43.6 Å². The lowest BCUT2D eigenvalue weighted by Crippen LogP contribution is -2.26. The zero-order valence-corrected chi connectivity index (χ0v) is 13.7. The first kappa shape index (κ1) is 16.8. The van der Waals surface area contributed by atoms with Gasteiger partial charge in [-0.2, -0.15) is 0 Å². The Labute approximate surface area is 132 Å². The van der Waals surface area contributed by atoms with Crippen LogP contribution in [0.4, 0.5) is 5.69 Å². The van der Waals surface area contributed by atoms with Crippen molar-refractivity contribution in [3.63, 3.8) is 0 Å². The van der Waals surface area contributed by atoms with Crippen LogP contribution < -0.4 is 11.1 Å². The van der Waals surface area contributed by atoms with E-state index in [0.717, 1.165) is 29.9 Å². The van der Waals surface area contributed by atoms with Gasteiger partial charge in [-0.1, -0.05) is 0 Å². The van der Waals surface area contributed by atoms with Crippen LogP contribution >= 0.6 is 0 Å². The molecular weight excluding hydrogens is 278 g/mol. The zero-order valence-electron chi connectivity index (χ0n) is 13.7. The molecule has 1 aliphatic heterocycles. The molecule has 1 heterocycles. The van der Waals surface area contributed by atoms with Gasteiger partial charge in [0.15, 0.2) is 0 Å². The highest BCUT2D eigenvalue weighted by Gasteiger charge is 2.13. The first-order valence-electron chi connectivity index (χ1n) is 8.09. The largest absolute Gasteiger partial charge is 0.384 e. The van der Waals surface area contributed by atoms with Crippen molar-refractivity contribution in [1.82, 2.24) is 4.90 Å². The van der Waals surface area contributed by atoms with Gasteiger partial charge in [0.1, 0.15) is 0 Å². The van der Waals surface area contributed by atoms with E-state index < -0.39 is 5.91 Å². The molecule has 0 aromatic heterocycles. The molecule has 2 rings (SSSR count). The Bertz CT molecular complexity index is 511. The Morgan fingerprint density at radius 3 is 2.73 bits per heavy atom. The summed E-state index contributed by atoms with van der Waals surface area (Å²) in [4.78, 5) is 14.1. The van der Waals surface area contributed by atoms with Crippen LogP contribution in [0.3, 0.4) is 0 Å². The van der Waals surface area contributed by atoms with Crippen LogP contribution in [0.5, 0.6) is 0 Å². The number of rotatable bonds is 8. The third-order valence-corrected chi connectivity index (χ3v) is 4.15. The predicted molar refractivity (Wildman–Crippen MR) is 89.2 cm³/mol. The highest BCUT2D eigenvalue weighted by Crippen LogP contribution is 2.22. The van der Waals surface area contributed by atoms with Crippen molar-refractivity contribution >= 4 is 11.6 Å². The number of likely N-dealkylation sites (tertiary alicyclic amines) is 1. The molecular formula is C17H27N3O2. The number of nitrogens with one attached hydrogen (secondary N) is 1. The highest BCUT2D eigenvalue weighted by atomic mass is 16.5. The van der Waals surface area contributed by atoms with E-state index in [9.17, 15) is 4.79 Å². The van der Waals surface area contributed by atoms with Crippen molar-refractivity contribution in [2.45, 2.75) is 33.3 Å². The van der Waals surface area contributed by atoms with E-state index in [1.54, 1.807) is 0 Å². The average Bonchev–Trinajstić information content (AvgIpc) is 3.00. The zero-order chi connectivity index (χ0) is 15.9. The predicted octanol–water partition coefficient (Wildman–Crippen LogP) is 2.14. The second-order valence-electron chi connectivity index (χ2n) is 5.79. The second-order valence-corrected chi connectivity index (χ2v) is 5.79. The maximum absolute atomic E-state index is 11.6. The third-order valence-electron chi connectivity index (χ3n) is 4.15. The van der Waals surface area contributed by atoms with E-state index in [0.29, 0.717) is 18.8 Å². The number of benzene rings is 1. The van der Waals surface area contributed by atoms with Gasteiger partial charge in [-0.05, 0) is 63.0 Å². The Hall–Kier alpha value is -1.59. The van der Waals surface area contributed by atoms with E-state index >= 15 is 0 Å². The minimum absolute atomic E-state index is 0.390. The molecule has 22 heavy (non-hydrogen) atoms. The molecule has 1 aromatic carbocycles. The summed E-state index contributed by atoms with van der Waals surface area (Å²) in [5.74, 6) is -0.390. The quantitative estimate of drug-likeness (QED) is 0.772. The van der Waals surface area contributed by atoms with Crippen molar-refractivity contribution in [2.75, 3.05) is 38.1 Å². The van der Waals surface area contributed by atoms with Crippen LogP contribution in [0.1, 0.15) is 41.3 Å². The first-order chi connectivity index (χ1) is 10.6. The Morgan fingerprint density at radius 1 is 1.36 bits per heavy atom. The van der Waals surface area contributed by atoms with Crippen molar-refractivity contribution in [3.05, 3.63) is 28.8 Å². The maximum Gasteiger partial charge on any atom is 0.249 e. The molecule has 0 spiro atoms. The van der Waals surface area contributed by atoms with Gasteiger partial charge in [0.25, 0.3) is 0 Å². The molecule has 5 heteroatoms. The van der Waals surface area contributed by atoms with Crippen LogP contribution in [0.2, 0.25) is 0 Å². The molecule has 1 aliphatic rings. The van der Waals surface area contributed by atoms with E-state index in [1.807, 2.05) is 19.9 Å². The van der Waals surface area contributed by atoms with Gasteiger partial charge in [-0.25, -0.2) is 0 Å². The summed E-state index contributed by atoms with van der Waals surface area (Å²) in [6.45, 7) is 9.32. The summed E-state index contributed by atoms with van der Waals surface area (Å²) in [7, 11) is 0. The molecule has 0 radical (unpaired) electrons. The fraction of sp³-hybridized carbons (Fsp3) is 0.588. The molecule has 0 bridgehead atoms. The smallest absolute Gasteiger partial charge is 0.249 e. The monoisotopic (exact) mass is 305 g/mol. The number of nitrogens with two attached hydrogens (primary N) is 1. The summed E-state index contributed by atoms with van der Waals surface area (Å²) in [5.41, 5.74) is 8.93. The summed E-state index contributed by atoms with van der Waals surface area (Å²) in [6, 6.07) is 3.89. The lowest BCUT2D eigenvalue weighted by molar-refractivity contribution is 0.0999. The number of amides is 1.